The Bertz CT molecular complexity index is 507. The molecule has 0 fully saturated rings. The number of rotatable bonds is 3. The zero-order chi connectivity index (χ0) is 13.3. The minimum atomic E-state index is -0.146. The molecule has 4 heteroatoms. The van der Waals surface area contributed by atoms with Gasteiger partial charge >= 0.3 is 0 Å². The molecule has 1 aromatic carbocycles. The maximum absolute atomic E-state index is 11.3. The van der Waals surface area contributed by atoms with Crippen molar-refractivity contribution in [2.45, 2.75) is 32.6 Å². The summed E-state index contributed by atoms with van der Waals surface area (Å²) in [5.41, 5.74) is 2.92. The van der Waals surface area contributed by atoms with Gasteiger partial charge in [-0.1, -0.05) is 26.0 Å². The van der Waals surface area contributed by atoms with Crippen molar-refractivity contribution in [2.75, 3.05) is 11.9 Å². The highest BCUT2D eigenvalue weighted by Gasteiger charge is 2.24. The van der Waals surface area contributed by atoms with Crippen LogP contribution in [0.2, 0.25) is 0 Å². The number of carbonyl (C=O) groups is 2. The van der Waals surface area contributed by atoms with Crippen molar-refractivity contribution in [1.82, 2.24) is 5.32 Å². The Kier molecular flexibility index (Phi) is 3.11. The van der Waals surface area contributed by atoms with Gasteiger partial charge in [0.15, 0.2) is 0 Å². The second-order valence-corrected chi connectivity index (χ2v) is 5.39. The first-order valence-corrected chi connectivity index (χ1v) is 6.06. The van der Waals surface area contributed by atoms with Gasteiger partial charge in [-0.3, -0.25) is 9.59 Å². The molecular weight excluding hydrogens is 228 g/mol. The molecule has 1 heterocycles. The van der Waals surface area contributed by atoms with Crippen molar-refractivity contribution < 1.29 is 9.59 Å². The van der Waals surface area contributed by atoms with E-state index in [2.05, 4.69) is 30.5 Å². The fourth-order valence-electron chi connectivity index (χ4n) is 2.10. The number of amides is 2. The van der Waals surface area contributed by atoms with Crippen LogP contribution in [0.3, 0.4) is 0 Å². The van der Waals surface area contributed by atoms with E-state index in [0.717, 1.165) is 16.8 Å². The van der Waals surface area contributed by atoms with Gasteiger partial charge < -0.3 is 10.6 Å². The van der Waals surface area contributed by atoms with E-state index in [1.807, 2.05) is 12.1 Å². The summed E-state index contributed by atoms with van der Waals surface area (Å²) in [5, 5.41) is 5.66. The van der Waals surface area contributed by atoms with E-state index in [1.165, 1.54) is 6.92 Å². The van der Waals surface area contributed by atoms with Gasteiger partial charge in [0.25, 0.3) is 0 Å². The van der Waals surface area contributed by atoms with Crippen LogP contribution in [0, 0.1) is 0 Å². The highest BCUT2D eigenvalue weighted by atomic mass is 16.2. The van der Waals surface area contributed by atoms with E-state index >= 15 is 0 Å². The summed E-state index contributed by atoms with van der Waals surface area (Å²) in [5.74, 6) is 0.0166. The molecule has 0 aliphatic carbocycles. The van der Waals surface area contributed by atoms with Crippen LogP contribution in [0.4, 0.5) is 5.69 Å². The Balaban J connectivity index is 2.21. The highest BCUT2D eigenvalue weighted by Crippen LogP contribution is 2.29. The summed E-state index contributed by atoms with van der Waals surface area (Å²) in [7, 11) is 0. The van der Waals surface area contributed by atoms with E-state index in [0.29, 0.717) is 13.0 Å². The lowest BCUT2D eigenvalue weighted by atomic mass is 9.83. The topological polar surface area (TPSA) is 58.2 Å². The fourth-order valence-corrected chi connectivity index (χ4v) is 2.10. The van der Waals surface area contributed by atoms with Crippen molar-refractivity contribution in [3.05, 3.63) is 29.3 Å². The second-order valence-electron chi connectivity index (χ2n) is 5.39. The smallest absolute Gasteiger partial charge is 0.228 e. The van der Waals surface area contributed by atoms with Crippen molar-refractivity contribution in [2.24, 2.45) is 0 Å². The molecular formula is C14H18N2O2. The normalized spacial score (nSPS) is 14.1. The summed E-state index contributed by atoms with van der Waals surface area (Å²) >= 11 is 0. The van der Waals surface area contributed by atoms with Gasteiger partial charge in [0.05, 0.1) is 6.42 Å². The van der Waals surface area contributed by atoms with Gasteiger partial charge in [-0.15, -0.1) is 0 Å². The van der Waals surface area contributed by atoms with Crippen LogP contribution in [0.1, 0.15) is 31.9 Å². The van der Waals surface area contributed by atoms with Crippen LogP contribution in [0.25, 0.3) is 0 Å². The first-order valence-electron chi connectivity index (χ1n) is 6.06. The zero-order valence-corrected chi connectivity index (χ0v) is 11.0. The largest absolute Gasteiger partial charge is 0.355 e. The molecule has 4 nitrogen and oxygen atoms in total. The third kappa shape index (κ3) is 2.53. The standard InChI is InChI=1S/C14H18N2O2/c1-9(17)15-8-14(2,3)11-4-5-12-10(6-11)7-13(18)16-12/h4-6H,7-8H2,1-3H3,(H,15,17)(H,16,18). The third-order valence-corrected chi connectivity index (χ3v) is 3.29. The summed E-state index contributed by atoms with van der Waals surface area (Å²) in [6, 6.07) is 5.99. The summed E-state index contributed by atoms with van der Waals surface area (Å²) < 4.78 is 0. The van der Waals surface area contributed by atoms with E-state index < -0.39 is 0 Å². The minimum Gasteiger partial charge on any atom is -0.355 e. The van der Waals surface area contributed by atoms with Crippen molar-refractivity contribution >= 4 is 17.5 Å². The number of hydrogen-bond donors (Lipinski definition) is 2. The molecule has 0 spiro atoms. The third-order valence-electron chi connectivity index (χ3n) is 3.29. The van der Waals surface area contributed by atoms with E-state index in [1.54, 1.807) is 0 Å². The number of benzene rings is 1. The Morgan fingerprint density at radius 3 is 2.83 bits per heavy atom. The predicted molar refractivity (Wildman–Crippen MR) is 70.5 cm³/mol. The Morgan fingerprint density at radius 2 is 2.17 bits per heavy atom. The Labute approximate surface area is 107 Å². The zero-order valence-electron chi connectivity index (χ0n) is 11.0. The number of anilines is 1. The Hall–Kier alpha value is -1.84. The fraction of sp³-hybridized carbons (Fsp3) is 0.429. The molecule has 18 heavy (non-hydrogen) atoms. The maximum Gasteiger partial charge on any atom is 0.228 e. The Morgan fingerprint density at radius 1 is 1.44 bits per heavy atom. The van der Waals surface area contributed by atoms with Gasteiger partial charge in [-0.25, -0.2) is 0 Å². The maximum atomic E-state index is 11.3. The molecule has 0 radical (unpaired) electrons. The summed E-state index contributed by atoms with van der Waals surface area (Å²) in [6.45, 7) is 6.26. The molecule has 96 valence electrons. The van der Waals surface area contributed by atoms with Crippen molar-refractivity contribution in [1.29, 1.82) is 0 Å². The van der Waals surface area contributed by atoms with Gasteiger partial charge in [0.2, 0.25) is 11.8 Å². The predicted octanol–water partition coefficient (Wildman–Crippen LogP) is 1.59. The molecule has 0 aromatic heterocycles. The number of nitrogens with one attached hydrogen (secondary N) is 2. The van der Waals surface area contributed by atoms with E-state index in [4.69, 9.17) is 0 Å². The molecule has 2 N–H and O–H groups in total. The lowest BCUT2D eigenvalue weighted by molar-refractivity contribution is -0.119. The van der Waals surface area contributed by atoms with Crippen LogP contribution in [-0.4, -0.2) is 18.4 Å². The van der Waals surface area contributed by atoms with Crippen LogP contribution < -0.4 is 10.6 Å². The molecule has 1 aliphatic rings. The summed E-state index contributed by atoms with van der Waals surface area (Å²) in [4.78, 5) is 22.3. The van der Waals surface area contributed by atoms with Gasteiger partial charge in [0, 0.05) is 24.6 Å². The molecule has 1 aliphatic heterocycles. The minimum absolute atomic E-state index is 0.0268. The lowest BCUT2D eigenvalue weighted by Crippen LogP contribution is -2.35. The van der Waals surface area contributed by atoms with Crippen molar-refractivity contribution in [3.8, 4) is 0 Å². The van der Waals surface area contributed by atoms with E-state index in [-0.39, 0.29) is 17.2 Å². The molecule has 2 amide bonds. The monoisotopic (exact) mass is 246 g/mol. The lowest BCUT2D eigenvalue weighted by Gasteiger charge is -2.26. The van der Waals surface area contributed by atoms with Crippen LogP contribution in [0.5, 0.6) is 0 Å². The molecule has 0 atom stereocenters. The van der Waals surface area contributed by atoms with Crippen LogP contribution in [-0.2, 0) is 21.4 Å². The molecule has 2 rings (SSSR count). The van der Waals surface area contributed by atoms with Gasteiger partial charge in [-0.2, -0.15) is 0 Å². The average Bonchev–Trinajstić information content (AvgIpc) is 2.65. The molecule has 0 saturated heterocycles. The highest BCUT2D eigenvalue weighted by molar-refractivity contribution is 5.99. The second kappa shape index (κ2) is 4.44. The molecule has 0 bridgehead atoms. The number of carbonyl (C=O) groups excluding carboxylic acids is 2. The van der Waals surface area contributed by atoms with Gasteiger partial charge in [-0.05, 0) is 17.2 Å². The number of fused-ring (bicyclic) bond motifs is 1. The van der Waals surface area contributed by atoms with Crippen LogP contribution in [0.15, 0.2) is 18.2 Å². The summed E-state index contributed by atoms with van der Waals surface area (Å²) in [6.07, 6.45) is 0.444. The van der Waals surface area contributed by atoms with Gasteiger partial charge in [0.1, 0.15) is 0 Å². The molecule has 0 saturated carbocycles. The SMILES string of the molecule is CC(=O)NCC(C)(C)c1ccc2c(c1)CC(=O)N2. The molecule has 1 aromatic rings. The van der Waals surface area contributed by atoms with E-state index in [9.17, 15) is 9.59 Å². The quantitative estimate of drug-likeness (QED) is 0.851. The first kappa shape index (κ1) is 12.6. The molecule has 0 unspecified atom stereocenters. The number of hydrogen-bond acceptors (Lipinski definition) is 2. The first-order chi connectivity index (χ1) is 8.38. The van der Waals surface area contributed by atoms with Crippen LogP contribution >= 0.6 is 0 Å². The average molecular weight is 246 g/mol. The van der Waals surface area contributed by atoms with Crippen molar-refractivity contribution in [3.63, 3.8) is 0 Å².